The number of phosphoric acid groups is 1. The first-order valence-electron chi connectivity index (χ1n) is 13.2. The summed E-state index contributed by atoms with van der Waals surface area (Å²) in [5.74, 6) is -0.248. The first-order valence-corrected chi connectivity index (χ1v) is 14.8. The van der Waals surface area contributed by atoms with Gasteiger partial charge in [-0.25, -0.2) is 4.57 Å². The molecule has 0 bridgehead atoms. The lowest BCUT2D eigenvalue weighted by Crippen LogP contribution is -2.46. The van der Waals surface area contributed by atoms with E-state index >= 15 is 0 Å². The van der Waals surface area contributed by atoms with Crippen molar-refractivity contribution in [3.63, 3.8) is 0 Å². The average molecular weight is 532 g/mol. The maximum Gasteiger partial charge on any atom is 0.469 e. The van der Waals surface area contributed by atoms with Gasteiger partial charge < -0.3 is 30.1 Å². The third-order valence-electron chi connectivity index (χ3n) is 6.44. The van der Waals surface area contributed by atoms with Crippen molar-refractivity contribution in [1.82, 2.24) is 5.32 Å². The smallest absolute Gasteiger partial charge is 0.387 e. The molecule has 4 atom stereocenters. The predicted octanol–water partition coefficient (Wildman–Crippen LogP) is 3.13. The molecule has 0 unspecified atom stereocenters. The number of hydrogen-bond donors (Lipinski definition) is 5. The molecule has 0 aromatic carbocycles. The van der Waals surface area contributed by atoms with Gasteiger partial charge in [0.15, 0.2) is 18.5 Å². The van der Waals surface area contributed by atoms with E-state index < -0.39 is 39.0 Å². The van der Waals surface area contributed by atoms with Crippen LogP contribution in [0.1, 0.15) is 101 Å². The average Bonchev–Trinajstić information content (AvgIpc) is 3.13. The molecule has 0 radical (unpaired) electrons. The van der Waals surface area contributed by atoms with Crippen molar-refractivity contribution in [2.24, 2.45) is 0 Å². The second-order valence-electron chi connectivity index (χ2n) is 9.52. The molecule has 1 aliphatic heterocycles. The highest BCUT2D eigenvalue weighted by Crippen LogP contribution is 2.37. The number of amides is 1. The SMILES string of the molecule is CCCCCCCCCCCCCCNC(=O)c1ccc[n+]([C@@H]2O[C@H](COP(=O)(O)O)[C@@H](O)[C@H]2O)c1. The van der Waals surface area contributed by atoms with Crippen LogP contribution in [0, 0.1) is 0 Å². The number of phosphoric ester groups is 1. The molecule has 1 amide bonds. The molecular formula is C25H44N2O8P+. The number of carbonyl (C=O) groups is 1. The maximum absolute atomic E-state index is 12.6. The number of unbranched alkanes of at least 4 members (excludes halogenated alkanes) is 11. The Morgan fingerprint density at radius 3 is 2.17 bits per heavy atom. The first-order chi connectivity index (χ1) is 17.2. The summed E-state index contributed by atoms with van der Waals surface area (Å²) in [6.45, 7) is 2.23. The Kier molecular flexibility index (Phi) is 14.1. The fraction of sp³-hybridized carbons (Fsp3) is 0.760. The van der Waals surface area contributed by atoms with Gasteiger partial charge in [0.1, 0.15) is 17.8 Å². The minimum Gasteiger partial charge on any atom is -0.387 e. The highest BCUT2D eigenvalue weighted by molar-refractivity contribution is 7.46. The first kappa shape index (κ1) is 30.8. The molecule has 2 heterocycles. The molecular weight excluding hydrogens is 487 g/mol. The second kappa shape index (κ2) is 16.5. The van der Waals surface area contributed by atoms with Gasteiger partial charge in [0, 0.05) is 12.6 Å². The van der Waals surface area contributed by atoms with Gasteiger partial charge >= 0.3 is 7.82 Å². The van der Waals surface area contributed by atoms with Crippen LogP contribution in [0.2, 0.25) is 0 Å². The fourth-order valence-corrected chi connectivity index (χ4v) is 4.68. The molecule has 0 aliphatic carbocycles. The lowest BCUT2D eigenvalue weighted by atomic mass is 10.1. The summed E-state index contributed by atoms with van der Waals surface area (Å²) in [5, 5.41) is 23.4. The number of rotatable bonds is 18. The molecule has 2 rings (SSSR count). The summed E-state index contributed by atoms with van der Waals surface area (Å²) in [7, 11) is -4.74. The van der Waals surface area contributed by atoms with Crippen LogP contribution in [-0.4, -0.2) is 57.4 Å². The van der Waals surface area contributed by atoms with Gasteiger partial charge in [-0.05, 0) is 12.5 Å². The molecule has 1 aromatic rings. The summed E-state index contributed by atoms with van der Waals surface area (Å²) >= 11 is 0. The van der Waals surface area contributed by atoms with Crippen LogP contribution in [0.3, 0.4) is 0 Å². The van der Waals surface area contributed by atoms with Gasteiger partial charge in [-0.1, -0.05) is 77.6 Å². The zero-order valence-electron chi connectivity index (χ0n) is 21.3. The number of pyridine rings is 1. The van der Waals surface area contributed by atoms with E-state index in [9.17, 15) is 19.6 Å². The van der Waals surface area contributed by atoms with E-state index in [4.69, 9.17) is 14.5 Å². The zero-order chi connectivity index (χ0) is 26.4. The summed E-state index contributed by atoms with van der Waals surface area (Å²) in [6.07, 6.45) is 13.2. The number of aliphatic hydroxyl groups excluding tert-OH is 2. The Morgan fingerprint density at radius 2 is 1.58 bits per heavy atom. The summed E-state index contributed by atoms with van der Waals surface area (Å²) < 4.78 is 22.3. The van der Waals surface area contributed by atoms with Gasteiger partial charge in [0.25, 0.3) is 12.1 Å². The molecule has 5 N–H and O–H groups in total. The van der Waals surface area contributed by atoms with Gasteiger partial charge in [-0.2, -0.15) is 4.57 Å². The lowest BCUT2D eigenvalue weighted by molar-refractivity contribution is -0.765. The van der Waals surface area contributed by atoms with Gasteiger partial charge in [-0.3, -0.25) is 9.32 Å². The Morgan fingerprint density at radius 1 is 1.00 bits per heavy atom. The number of aliphatic hydroxyl groups is 2. The third-order valence-corrected chi connectivity index (χ3v) is 6.92. The van der Waals surface area contributed by atoms with E-state index in [-0.39, 0.29) is 5.91 Å². The molecule has 206 valence electrons. The van der Waals surface area contributed by atoms with Crippen molar-refractivity contribution in [2.75, 3.05) is 13.2 Å². The fourth-order valence-electron chi connectivity index (χ4n) is 4.34. The van der Waals surface area contributed by atoms with E-state index in [2.05, 4.69) is 16.8 Å². The molecule has 1 aromatic heterocycles. The highest BCUT2D eigenvalue weighted by Gasteiger charge is 2.49. The minimum atomic E-state index is -4.74. The van der Waals surface area contributed by atoms with Gasteiger partial charge in [-0.15, -0.1) is 0 Å². The molecule has 36 heavy (non-hydrogen) atoms. The summed E-state index contributed by atoms with van der Waals surface area (Å²) in [5.41, 5.74) is 0.372. The van der Waals surface area contributed by atoms with Gasteiger partial charge in [0.2, 0.25) is 0 Å². The quantitative estimate of drug-likeness (QED) is 0.110. The van der Waals surface area contributed by atoms with E-state index in [1.807, 2.05) is 0 Å². The number of nitrogens with zero attached hydrogens (tertiary/aromatic N) is 1. The highest BCUT2D eigenvalue weighted by atomic mass is 31.2. The molecule has 1 aliphatic rings. The molecule has 0 spiro atoms. The van der Waals surface area contributed by atoms with E-state index in [1.54, 1.807) is 18.3 Å². The molecule has 0 saturated carbocycles. The third kappa shape index (κ3) is 11.3. The standard InChI is InChI=1S/C25H43N2O8P/c1-2-3-4-5-6-7-8-9-10-11-12-13-16-26-24(30)20-15-14-17-27(18-20)25-23(29)22(28)21(35-25)19-34-36(31,32)33/h14-15,17-18,21-23,25,28-29H,2-13,16,19H2,1H3,(H2-,26,30,31,32,33)/p+1/t21-,22-,23-,25-/m1/s1. The van der Waals surface area contributed by atoms with Crippen molar-refractivity contribution in [3.8, 4) is 0 Å². The largest absolute Gasteiger partial charge is 0.469 e. The van der Waals surface area contributed by atoms with Crippen molar-refractivity contribution < 1.29 is 43.2 Å². The zero-order valence-corrected chi connectivity index (χ0v) is 22.2. The Bertz CT molecular complexity index is 821. The monoisotopic (exact) mass is 531 g/mol. The molecule has 11 heteroatoms. The number of nitrogens with one attached hydrogen (secondary N) is 1. The van der Waals surface area contributed by atoms with Crippen LogP contribution in [0.4, 0.5) is 0 Å². The summed E-state index contributed by atoms with van der Waals surface area (Å²) in [6, 6.07) is 3.26. The topological polar surface area (TPSA) is 149 Å². The predicted molar refractivity (Wildman–Crippen MR) is 134 cm³/mol. The minimum absolute atomic E-state index is 0.248. The molecule has 1 saturated heterocycles. The molecule has 1 fully saturated rings. The lowest BCUT2D eigenvalue weighted by Gasteiger charge is -2.13. The number of hydrogen-bond acceptors (Lipinski definition) is 6. The van der Waals surface area contributed by atoms with Crippen LogP contribution in [0.15, 0.2) is 24.5 Å². The van der Waals surface area contributed by atoms with Crippen LogP contribution in [0.25, 0.3) is 0 Å². The van der Waals surface area contributed by atoms with Crippen LogP contribution >= 0.6 is 7.82 Å². The molecule has 10 nitrogen and oxygen atoms in total. The number of aromatic nitrogens is 1. The van der Waals surface area contributed by atoms with Crippen LogP contribution < -0.4 is 9.88 Å². The van der Waals surface area contributed by atoms with E-state index in [0.717, 1.165) is 12.8 Å². The van der Waals surface area contributed by atoms with Crippen molar-refractivity contribution in [2.45, 2.75) is 109 Å². The number of ether oxygens (including phenoxy) is 1. The Balaban J connectivity index is 1.66. The number of carbonyl (C=O) groups excluding carboxylic acids is 1. The van der Waals surface area contributed by atoms with Crippen LogP contribution in [-0.2, 0) is 13.8 Å². The van der Waals surface area contributed by atoms with Crippen molar-refractivity contribution in [3.05, 3.63) is 30.1 Å². The Hall–Kier alpha value is -1.39. The second-order valence-corrected chi connectivity index (χ2v) is 10.8. The maximum atomic E-state index is 12.6. The normalized spacial score (nSPS) is 22.1. The Labute approximate surface area is 214 Å². The van der Waals surface area contributed by atoms with E-state index in [0.29, 0.717) is 12.1 Å². The van der Waals surface area contributed by atoms with E-state index in [1.165, 1.54) is 75.0 Å². The summed E-state index contributed by atoms with van der Waals surface area (Å²) in [4.78, 5) is 30.2. The van der Waals surface area contributed by atoms with Crippen molar-refractivity contribution in [1.29, 1.82) is 0 Å². The van der Waals surface area contributed by atoms with Crippen molar-refractivity contribution >= 4 is 13.7 Å². The van der Waals surface area contributed by atoms with Gasteiger partial charge in [0.05, 0.1) is 6.61 Å². The van der Waals surface area contributed by atoms with Crippen LogP contribution in [0.5, 0.6) is 0 Å².